The van der Waals surface area contributed by atoms with Gasteiger partial charge in [0.15, 0.2) is 8.68 Å². The van der Waals surface area contributed by atoms with Crippen molar-refractivity contribution in [3.8, 4) is 0 Å². The lowest BCUT2D eigenvalue weighted by Gasteiger charge is -2.09. The summed E-state index contributed by atoms with van der Waals surface area (Å²) in [6, 6.07) is 8.00. The molecule has 0 spiro atoms. The molecule has 0 saturated heterocycles. The summed E-state index contributed by atoms with van der Waals surface area (Å²) in [7, 11) is 0. The van der Waals surface area contributed by atoms with Crippen LogP contribution in [0.3, 0.4) is 0 Å². The van der Waals surface area contributed by atoms with Crippen molar-refractivity contribution in [3.63, 3.8) is 0 Å². The third kappa shape index (κ3) is 5.34. The lowest BCUT2D eigenvalue weighted by molar-refractivity contribution is -0.118. The highest BCUT2D eigenvalue weighted by atomic mass is 35.5. The molecule has 0 atom stereocenters. The van der Waals surface area contributed by atoms with Crippen molar-refractivity contribution in [1.82, 2.24) is 20.5 Å². The zero-order valence-corrected chi connectivity index (χ0v) is 18.2. The highest BCUT2D eigenvalue weighted by Crippen LogP contribution is 2.34. The van der Waals surface area contributed by atoms with Crippen LogP contribution in [0, 0.1) is 6.92 Å². The number of fused-ring (bicyclic) bond motifs is 1. The smallest absolute Gasteiger partial charge is 0.230 e. The average molecular weight is 439 g/mol. The summed E-state index contributed by atoms with van der Waals surface area (Å²) in [4.78, 5) is 16.4. The van der Waals surface area contributed by atoms with E-state index < -0.39 is 0 Å². The summed E-state index contributed by atoms with van der Waals surface area (Å²) < 4.78 is 1.63. The minimum Gasteiger partial charge on any atom is -0.355 e. The molecule has 9 heteroatoms. The summed E-state index contributed by atoms with van der Waals surface area (Å²) >= 11 is 11.0. The fourth-order valence-electron chi connectivity index (χ4n) is 2.40. The number of amides is 1. The summed E-state index contributed by atoms with van der Waals surface area (Å²) in [5.41, 5.74) is 2.84. The number of thioether (sulfide) groups is 2. The molecule has 1 N–H and O–H groups in total. The van der Waals surface area contributed by atoms with Crippen LogP contribution in [0.15, 0.2) is 32.9 Å². The number of halogens is 1. The predicted octanol–water partition coefficient (Wildman–Crippen LogP) is 4.96. The number of aryl methyl sites for hydroxylation is 1. The Morgan fingerprint density at radius 1 is 1.22 bits per heavy atom. The van der Waals surface area contributed by atoms with Crippen molar-refractivity contribution < 1.29 is 4.79 Å². The zero-order valence-electron chi connectivity index (χ0n) is 15.0. The minimum atomic E-state index is 0.0221. The van der Waals surface area contributed by atoms with Gasteiger partial charge in [0.2, 0.25) is 5.91 Å². The van der Waals surface area contributed by atoms with Gasteiger partial charge in [-0.05, 0) is 25.0 Å². The van der Waals surface area contributed by atoms with Crippen molar-refractivity contribution in [2.75, 3.05) is 12.3 Å². The Labute approximate surface area is 175 Å². The minimum absolute atomic E-state index is 0.0221. The van der Waals surface area contributed by atoms with Gasteiger partial charge in [0.1, 0.15) is 0 Å². The number of nitrogens with one attached hydrogen (secondary N) is 1. The van der Waals surface area contributed by atoms with Gasteiger partial charge in [0.05, 0.1) is 22.0 Å². The Balaban J connectivity index is 1.61. The molecule has 3 aromatic rings. The first-order valence-corrected chi connectivity index (χ1v) is 11.6. The summed E-state index contributed by atoms with van der Waals surface area (Å²) in [6.07, 6.45) is 0.931. The van der Waals surface area contributed by atoms with Crippen LogP contribution in [-0.2, 0) is 10.5 Å². The largest absolute Gasteiger partial charge is 0.355 e. The number of hydrogen-bond donors (Lipinski definition) is 1. The van der Waals surface area contributed by atoms with Crippen molar-refractivity contribution in [3.05, 3.63) is 40.5 Å². The molecule has 2 aromatic heterocycles. The van der Waals surface area contributed by atoms with Gasteiger partial charge in [0, 0.05) is 17.7 Å². The Bertz CT molecular complexity index is 948. The molecule has 27 heavy (non-hydrogen) atoms. The van der Waals surface area contributed by atoms with Gasteiger partial charge < -0.3 is 5.32 Å². The monoisotopic (exact) mass is 438 g/mol. The molecule has 2 heterocycles. The lowest BCUT2D eigenvalue weighted by atomic mass is 10.1. The van der Waals surface area contributed by atoms with Gasteiger partial charge in [-0.3, -0.25) is 9.78 Å². The molecule has 0 bridgehead atoms. The number of pyridine rings is 1. The third-order valence-electron chi connectivity index (χ3n) is 3.77. The molecule has 0 aliphatic carbocycles. The average Bonchev–Trinajstić information content (AvgIpc) is 3.14. The van der Waals surface area contributed by atoms with Crippen molar-refractivity contribution in [1.29, 1.82) is 0 Å². The second-order valence-corrected chi connectivity index (χ2v) is 9.58. The maximum atomic E-state index is 11.7. The zero-order chi connectivity index (χ0) is 19.2. The molecule has 0 radical (unpaired) electrons. The summed E-state index contributed by atoms with van der Waals surface area (Å²) in [5, 5.41) is 13.0. The number of para-hydroxylation sites is 1. The molecule has 1 amide bonds. The molecule has 142 valence electrons. The van der Waals surface area contributed by atoms with Crippen LogP contribution in [0.4, 0.5) is 0 Å². The normalized spacial score (nSPS) is 11.1. The summed E-state index contributed by atoms with van der Waals surface area (Å²) in [6.45, 7) is 4.75. The number of aromatic nitrogens is 3. The fraction of sp³-hybridized carbons (Fsp3) is 0.333. The number of hydrogen-bond acceptors (Lipinski definition) is 7. The van der Waals surface area contributed by atoms with E-state index in [1.807, 2.05) is 38.1 Å². The van der Waals surface area contributed by atoms with Crippen molar-refractivity contribution in [2.24, 2.45) is 0 Å². The third-order valence-corrected chi connectivity index (χ3v) is 7.47. The van der Waals surface area contributed by atoms with Gasteiger partial charge in [0.25, 0.3) is 0 Å². The van der Waals surface area contributed by atoms with E-state index in [1.165, 1.54) is 23.1 Å². The van der Waals surface area contributed by atoms with Crippen LogP contribution in [0.2, 0.25) is 5.02 Å². The number of benzene rings is 1. The van der Waals surface area contributed by atoms with Crippen LogP contribution < -0.4 is 5.32 Å². The fourth-order valence-corrected chi connectivity index (χ4v) is 5.48. The van der Waals surface area contributed by atoms with E-state index in [0.29, 0.717) is 23.1 Å². The first-order valence-electron chi connectivity index (χ1n) is 8.48. The Hall–Kier alpha value is -1.35. The summed E-state index contributed by atoms with van der Waals surface area (Å²) in [5.74, 6) is 1.01. The van der Waals surface area contributed by atoms with Gasteiger partial charge in [-0.2, -0.15) is 0 Å². The van der Waals surface area contributed by atoms with Crippen molar-refractivity contribution >= 4 is 63.3 Å². The lowest BCUT2D eigenvalue weighted by Crippen LogP contribution is -2.25. The van der Waals surface area contributed by atoms with Crippen LogP contribution >= 0.6 is 46.5 Å². The topological polar surface area (TPSA) is 67.8 Å². The first-order chi connectivity index (χ1) is 13.1. The molecule has 3 rings (SSSR count). The molecule has 5 nitrogen and oxygen atoms in total. The quantitative estimate of drug-likeness (QED) is 0.501. The second kappa shape index (κ2) is 9.73. The molecule has 0 aliphatic rings. The van der Waals surface area contributed by atoms with E-state index >= 15 is 0 Å². The first kappa shape index (κ1) is 20.4. The number of nitrogens with zero attached hydrogens (tertiary/aromatic N) is 3. The molecule has 0 fully saturated rings. The van der Waals surface area contributed by atoms with E-state index in [0.717, 1.165) is 37.3 Å². The van der Waals surface area contributed by atoms with E-state index in [-0.39, 0.29) is 5.91 Å². The maximum Gasteiger partial charge on any atom is 0.230 e. The van der Waals surface area contributed by atoms with E-state index in [4.69, 9.17) is 16.6 Å². The molecule has 0 saturated carbocycles. The molecule has 0 unspecified atom stereocenters. The van der Waals surface area contributed by atoms with Gasteiger partial charge >= 0.3 is 0 Å². The highest BCUT2D eigenvalue weighted by molar-refractivity contribution is 8.03. The Morgan fingerprint density at radius 2 is 1.96 bits per heavy atom. The number of carbonyl (C=O) groups is 1. The molecule has 1 aromatic carbocycles. The molecular weight excluding hydrogens is 420 g/mol. The highest BCUT2D eigenvalue weighted by Gasteiger charge is 2.13. The molecule has 0 aliphatic heterocycles. The van der Waals surface area contributed by atoms with Crippen LogP contribution in [-0.4, -0.2) is 33.4 Å². The van der Waals surface area contributed by atoms with Gasteiger partial charge in [-0.25, -0.2) is 0 Å². The Morgan fingerprint density at radius 3 is 2.74 bits per heavy atom. The van der Waals surface area contributed by atoms with Crippen LogP contribution in [0.1, 0.15) is 24.6 Å². The van der Waals surface area contributed by atoms with Crippen LogP contribution in [0.5, 0.6) is 0 Å². The van der Waals surface area contributed by atoms with Crippen LogP contribution in [0.25, 0.3) is 10.9 Å². The molecular formula is C18H19ClN4OS3. The maximum absolute atomic E-state index is 11.7. The SMILES string of the molecule is CCCNC(=O)CSc1nnc(SCc2nc3ccccc3c(C)c2Cl)s1. The van der Waals surface area contributed by atoms with Gasteiger partial charge in [-0.1, -0.05) is 71.6 Å². The standard InChI is InChI=1S/C18H19ClN4OS3/c1-3-8-20-15(24)10-26-18-23-22-17(27-18)25-9-14-16(19)11(2)12-6-4-5-7-13(12)21-14/h4-7H,3,8-10H2,1-2H3,(H,20,24). The number of rotatable bonds is 8. The number of carbonyl (C=O) groups excluding carboxylic acids is 1. The second-order valence-electron chi connectivity index (χ2n) is 5.78. The van der Waals surface area contributed by atoms with E-state index in [9.17, 15) is 4.79 Å². The predicted molar refractivity (Wildman–Crippen MR) is 115 cm³/mol. The Kier molecular flexibility index (Phi) is 7.34. The van der Waals surface area contributed by atoms with Gasteiger partial charge in [-0.15, -0.1) is 10.2 Å². The van der Waals surface area contributed by atoms with E-state index in [1.54, 1.807) is 11.8 Å². The van der Waals surface area contributed by atoms with Crippen molar-refractivity contribution in [2.45, 2.75) is 34.7 Å². The van der Waals surface area contributed by atoms with E-state index in [2.05, 4.69) is 15.5 Å².